The first kappa shape index (κ1) is 14.8. The molecule has 0 atom stereocenters. The predicted octanol–water partition coefficient (Wildman–Crippen LogP) is 5.19. The second-order valence-electron chi connectivity index (χ2n) is 5.94. The first-order valence-electron chi connectivity index (χ1n) is 7.86. The van der Waals surface area contributed by atoms with Gasteiger partial charge in [-0.3, -0.25) is 4.40 Å². The Kier molecular flexibility index (Phi) is 3.23. The summed E-state index contributed by atoms with van der Waals surface area (Å²) in [6, 6.07) is 18.0. The molecule has 0 spiro atoms. The van der Waals surface area contributed by atoms with Gasteiger partial charge >= 0.3 is 0 Å². The number of benzene rings is 3. The first-order valence-corrected chi connectivity index (χ1v) is 8.62. The monoisotopic (exact) mass is 366 g/mol. The van der Waals surface area contributed by atoms with E-state index in [9.17, 15) is 0 Å². The Morgan fingerprint density at radius 2 is 1.52 bits per heavy atom. The Morgan fingerprint density at radius 3 is 2.28 bits per heavy atom. The highest BCUT2D eigenvalue weighted by molar-refractivity contribution is 6.36. The van der Waals surface area contributed by atoms with Crippen LogP contribution in [-0.4, -0.2) is 19.2 Å². The van der Waals surface area contributed by atoms with Gasteiger partial charge in [0.15, 0.2) is 0 Å². The average Bonchev–Trinajstić information content (AvgIpc) is 3.11. The fraction of sp³-hybridized carbons (Fsp3) is 0.0526. The first-order chi connectivity index (χ1) is 12.2. The molecule has 0 N–H and O–H groups in total. The Bertz CT molecular complexity index is 1230. The Labute approximate surface area is 153 Å². The zero-order valence-electron chi connectivity index (χ0n) is 13.0. The summed E-state index contributed by atoms with van der Waals surface area (Å²) in [7, 11) is 0. The van der Waals surface area contributed by atoms with Crippen LogP contribution in [0.3, 0.4) is 0 Å². The number of hydrogen-bond donors (Lipinski definition) is 0. The second-order valence-corrected chi connectivity index (χ2v) is 6.75. The maximum atomic E-state index is 6.40. The van der Waals surface area contributed by atoms with Crippen LogP contribution in [0, 0.1) is 0 Å². The van der Waals surface area contributed by atoms with Gasteiger partial charge < -0.3 is 4.57 Å². The molecule has 0 aliphatic rings. The van der Waals surface area contributed by atoms with Crippen molar-refractivity contribution in [2.45, 2.75) is 6.54 Å². The summed E-state index contributed by atoms with van der Waals surface area (Å²) in [5.74, 6) is 0.752. The molecule has 0 bridgehead atoms. The van der Waals surface area contributed by atoms with Crippen LogP contribution < -0.4 is 0 Å². The molecule has 25 heavy (non-hydrogen) atoms. The van der Waals surface area contributed by atoms with E-state index in [0.29, 0.717) is 16.6 Å². The number of halogens is 2. The Morgan fingerprint density at radius 1 is 0.840 bits per heavy atom. The summed E-state index contributed by atoms with van der Waals surface area (Å²) in [5.41, 5.74) is 3.02. The summed E-state index contributed by atoms with van der Waals surface area (Å²) in [4.78, 5) is 0. The van der Waals surface area contributed by atoms with Crippen molar-refractivity contribution in [2.75, 3.05) is 0 Å². The van der Waals surface area contributed by atoms with Gasteiger partial charge in [-0.15, -0.1) is 10.2 Å². The van der Waals surface area contributed by atoms with Gasteiger partial charge in [0, 0.05) is 21.0 Å². The van der Waals surface area contributed by atoms with Gasteiger partial charge in [-0.1, -0.05) is 53.5 Å². The molecule has 0 aliphatic carbocycles. The largest absolute Gasteiger partial charge is 0.305 e. The fourth-order valence-electron chi connectivity index (χ4n) is 3.42. The van der Waals surface area contributed by atoms with Crippen molar-refractivity contribution in [1.82, 2.24) is 19.2 Å². The minimum absolute atomic E-state index is 0.518. The summed E-state index contributed by atoms with van der Waals surface area (Å²) < 4.78 is 4.11. The van der Waals surface area contributed by atoms with E-state index in [2.05, 4.69) is 45.1 Å². The van der Waals surface area contributed by atoms with Crippen molar-refractivity contribution in [1.29, 1.82) is 0 Å². The van der Waals surface area contributed by atoms with Crippen LogP contribution >= 0.6 is 23.2 Å². The van der Waals surface area contributed by atoms with E-state index in [-0.39, 0.29) is 0 Å². The molecular formula is C19H12Cl2N4. The predicted molar refractivity (Wildman–Crippen MR) is 102 cm³/mol. The number of hydrogen-bond acceptors (Lipinski definition) is 2. The minimum Gasteiger partial charge on any atom is -0.305 e. The highest BCUT2D eigenvalue weighted by Crippen LogP contribution is 2.31. The lowest BCUT2D eigenvalue weighted by molar-refractivity contribution is 0.824. The molecule has 0 saturated heterocycles. The van der Waals surface area contributed by atoms with Crippen LogP contribution in [0.15, 0.2) is 60.9 Å². The van der Waals surface area contributed by atoms with Crippen molar-refractivity contribution < 1.29 is 0 Å². The normalized spacial score (nSPS) is 11.8. The van der Waals surface area contributed by atoms with Crippen LogP contribution in [0.5, 0.6) is 0 Å². The molecule has 2 heterocycles. The second kappa shape index (κ2) is 5.48. The van der Waals surface area contributed by atoms with Crippen molar-refractivity contribution in [2.24, 2.45) is 0 Å². The van der Waals surface area contributed by atoms with Crippen LogP contribution in [0.2, 0.25) is 10.0 Å². The van der Waals surface area contributed by atoms with E-state index in [4.69, 9.17) is 23.2 Å². The average molecular weight is 367 g/mol. The molecule has 6 heteroatoms. The van der Waals surface area contributed by atoms with E-state index in [0.717, 1.165) is 22.4 Å². The van der Waals surface area contributed by atoms with Crippen molar-refractivity contribution >= 4 is 50.8 Å². The molecule has 0 fully saturated rings. The topological polar surface area (TPSA) is 35.1 Å². The van der Waals surface area contributed by atoms with Gasteiger partial charge in [-0.25, -0.2) is 0 Å². The minimum atomic E-state index is 0.518. The summed E-state index contributed by atoms with van der Waals surface area (Å²) in [5, 5.41) is 12.1. The zero-order valence-corrected chi connectivity index (χ0v) is 14.5. The standard InChI is InChI=1S/C19H12Cl2N4/c20-14-6-3-7-15(21)13(14)10-24-16-8-1-4-12-5-2-9-17(18(12)16)25-11-22-23-19(24)25/h1-9,11H,10H2. The molecule has 0 saturated carbocycles. The van der Waals surface area contributed by atoms with Gasteiger partial charge in [0.1, 0.15) is 6.33 Å². The van der Waals surface area contributed by atoms with E-state index >= 15 is 0 Å². The third-order valence-electron chi connectivity index (χ3n) is 4.56. The number of aromatic nitrogens is 4. The lowest BCUT2D eigenvalue weighted by Gasteiger charge is -2.17. The van der Waals surface area contributed by atoms with E-state index in [1.807, 2.05) is 28.7 Å². The Hall–Kier alpha value is -2.56. The molecule has 0 unspecified atom stereocenters. The molecule has 3 aromatic carbocycles. The lowest BCUT2D eigenvalue weighted by atomic mass is 10.1. The number of fused-ring (bicyclic) bond motifs is 2. The van der Waals surface area contributed by atoms with E-state index < -0.39 is 0 Å². The third kappa shape index (κ3) is 2.15. The Balaban J connectivity index is 1.91. The van der Waals surface area contributed by atoms with Crippen LogP contribution in [-0.2, 0) is 6.54 Å². The van der Waals surface area contributed by atoms with Crippen LogP contribution in [0.25, 0.3) is 27.6 Å². The molecule has 5 rings (SSSR count). The molecule has 0 aliphatic heterocycles. The summed E-state index contributed by atoms with van der Waals surface area (Å²) in [6.07, 6.45) is 1.74. The van der Waals surface area contributed by atoms with Gasteiger partial charge in [0.05, 0.1) is 17.6 Å². The smallest absolute Gasteiger partial charge is 0.236 e. The lowest BCUT2D eigenvalue weighted by Crippen LogP contribution is -2.09. The number of rotatable bonds is 2. The number of nitrogens with zero attached hydrogens (tertiary/aromatic N) is 4. The van der Waals surface area contributed by atoms with Crippen molar-refractivity contribution in [3.63, 3.8) is 0 Å². The highest BCUT2D eigenvalue weighted by atomic mass is 35.5. The fourth-order valence-corrected chi connectivity index (χ4v) is 3.93. The third-order valence-corrected chi connectivity index (χ3v) is 5.27. The zero-order chi connectivity index (χ0) is 17.0. The molecular weight excluding hydrogens is 355 g/mol. The molecule has 2 aromatic heterocycles. The summed E-state index contributed by atoms with van der Waals surface area (Å²) in [6.45, 7) is 0.518. The molecule has 4 nitrogen and oxygen atoms in total. The van der Waals surface area contributed by atoms with Crippen molar-refractivity contribution in [3.8, 4) is 0 Å². The highest BCUT2D eigenvalue weighted by Gasteiger charge is 2.15. The SMILES string of the molecule is Clc1cccc(Cl)c1Cn1c2cccc3cccc(c32)n2cnnc12. The van der Waals surface area contributed by atoms with E-state index in [1.54, 1.807) is 6.33 Å². The van der Waals surface area contributed by atoms with Gasteiger partial charge in [0.2, 0.25) is 5.78 Å². The van der Waals surface area contributed by atoms with Crippen molar-refractivity contribution in [3.05, 3.63) is 76.5 Å². The van der Waals surface area contributed by atoms with E-state index in [1.165, 1.54) is 10.8 Å². The molecule has 5 aromatic rings. The summed E-state index contributed by atoms with van der Waals surface area (Å²) >= 11 is 12.8. The maximum absolute atomic E-state index is 6.40. The molecule has 0 radical (unpaired) electrons. The van der Waals surface area contributed by atoms with Gasteiger partial charge in [-0.2, -0.15) is 0 Å². The van der Waals surface area contributed by atoms with Crippen LogP contribution in [0.4, 0.5) is 0 Å². The maximum Gasteiger partial charge on any atom is 0.236 e. The molecule has 122 valence electrons. The van der Waals surface area contributed by atoms with Crippen LogP contribution in [0.1, 0.15) is 5.56 Å². The van der Waals surface area contributed by atoms with Gasteiger partial charge in [0.25, 0.3) is 0 Å². The quantitative estimate of drug-likeness (QED) is 0.430. The molecule has 0 amide bonds. The van der Waals surface area contributed by atoms with Gasteiger partial charge in [-0.05, 0) is 29.7 Å².